The molecule has 0 saturated carbocycles. The van der Waals surface area contributed by atoms with Crippen LogP contribution in [-0.4, -0.2) is 43.0 Å². The average molecular weight is 247 g/mol. The van der Waals surface area contributed by atoms with E-state index in [0.29, 0.717) is 12.6 Å². The molecule has 1 unspecified atom stereocenters. The minimum absolute atomic E-state index is 0.632. The molecule has 1 saturated heterocycles. The van der Waals surface area contributed by atoms with Gasteiger partial charge in [-0.15, -0.1) is 0 Å². The number of likely N-dealkylation sites (N-methyl/N-ethyl adjacent to an activating group) is 1. The summed E-state index contributed by atoms with van der Waals surface area (Å²) in [7, 11) is 4.37. The lowest BCUT2D eigenvalue weighted by molar-refractivity contribution is 0.128. The summed E-state index contributed by atoms with van der Waals surface area (Å²) >= 11 is 0. The lowest BCUT2D eigenvalue weighted by atomic mass is 10.0. The van der Waals surface area contributed by atoms with Crippen molar-refractivity contribution in [1.82, 2.24) is 9.80 Å². The second kappa shape index (κ2) is 6.32. The molecule has 1 aromatic carbocycles. The maximum Gasteiger partial charge on any atom is 0.0234 e. The van der Waals surface area contributed by atoms with Gasteiger partial charge in [-0.1, -0.05) is 24.3 Å². The van der Waals surface area contributed by atoms with Crippen LogP contribution in [0.3, 0.4) is 0 Å². The lowest BCUT2D eigenvalue weighted by Crippen LogP contribution is -2.44. The minimum Gasteiger partial charge on any atom is -0.326 e. The summed E-state index contributed by atoms with van der Waals surface area (Å²) in [5.74, 6) is 0. The Morgan fingerprint density at radius 3 is 2.50 bits per heavy atom. The largest absolute Gasteiger partial charge is 0.326 e. The van der Waals surface area contributed by atoms with Crippen molar-refractivity contribution in [3.05, 3.63) is 35.4 Å². The molecule has 100 valence electrons. The van der Waals surface area contributed by atoms with Crippen molar-refractivity contribution in [2.24, 2.45) is 5.73 Å². The monoisotopic (exact) mass is 247 g/mol. The van der Waals surface area contributed by atoms with Crippen LogP contribution >= 0.6 is 0 Å². The fraction of sp³-hybridized carbons (Fsp3) is 0.600. The summed E-state index contributed by atoms with van der Waals surface area (Å²) in [4.78, 5) is 4.91. The van der Waals surface area contributed by atoms with E-state index in [1.165, 1.54) is 37.1 Å². The van der Waals surface area contributed by atoms with Gasteiger partial charge in [-0.2, -0.15) is 0 Å². The van der Waals surface area contributed by atoms with E-state index in [2.05, 4.69) is 48.2 Å². The standard InChI is InChI=1S/C15H25N3/c1-17(2)15-4-3-9-18(12-15)11-14-7-5-13(10-16)6-8-14/h5-8,15H,3-4,9-12,16H2,1-2H3. The summed E-state index contributed by atoms with van der Waals surface area (Å²) in [5, 5.41) is 0. The molecule has 3 heteroatoms. The SMILES string of the molecule is CN(C)C1CCCN(Cc2ccc(CN)cc2)C1. The molecule has 1 aliphatic rings. The van der Waals surface area contributed by atoms with Crippen LogP contribution < -0.4 is 5.73 Å². The van der Waals surface area contributed by atoms with Gasteiger partial charge in [0.2, 0.25) is 0 Å². The molecule has 0 bridgehead atoms. The first kappa shape index (κ1) is 13.5. The van der Waals surface area contributed by atoms with Gasteiger partial charge in [-0.3, -0.25) is 4.90 Å². The quantitative estimate of drug-likeness (QED) is 0.878. The summed E-state index contributed by atoms with van der Waals surface area (Å²) < 4.78 is 0. The normalized spacial score (nSPS) is 21.4. The molecule has 2 rings (SSSR count). The zero-order valence-electron chi connectivity index (χ0n) is 11.6. The Morgan fingerprint density at radius 1 is 1.22 bits per heavy atom. The number of piperidine rings is 1. The molecule has 0 spiro atoms. The third-order valence-corrected chi connectivity index (χ3v) is 3.88. The van der Waals surface area contributed by atoms with Gasteiger partial charge < -0.3 is 10.6 Å². The van der Waals surface area contributed by atoms with Gasteiger partial charge in [0.25, 0.3) is 0 Å². The highest BCUT2D eigenvalue weighted by molar-refractivity contribution is 5.22. The van der Waals surface area contributed by atoms with E-state index in [9.17, 15) is 0 Å². The predicted molar refractivity (Wildman–Crippen MR) is 76.3 cm³/mol. The molecule has 1 aliphatic heterocycles. The third kappa shape index (κ3) is 3.55. The Morgan fingerprint density at radius 2 is 1.89 bits per heavy atom. The van der Waals surface area contributed by atoms with Crippen molar-refractivity contribution in [1.29, 1.82) is 0 Å². The molecule has 18 heavy (non-hydrogen) atoms. The van der Waals surface area contributed by atoms with E-state index in [1.54, 1.807) is 0 Å². The van der Waals surface area contributed by atoms with E-state index in [-0.39, 0.29) is 0 Å². The predicted octanol–water partition coefficient (Wildman–Crippen LogP) is 1.67. The molecular weight excluding hydrogens is 222 g/mol. The molecule has 1 aromatic rings. The molecule has 3 nitrogen and oxygen atoms in total. The molecule has 0 aromatic heterocycles. The molecule has 2 N–H and O–H groups in total. The van der Waals surface area contributed by atoms with Crippen LogP contribution in [0.1, 0.15) is 24.0 Å². The second-order valence-electron chi connectivity index (χ2n) is 5.52. The van der Waals surface area contributed by atoms with Crippen LogP contribution in [0.5, 0.6) is 0 Å². The van der Waals surface area contributed by atoms with Crippen molar-refractivity contribution >= 4 is 0 Å². The van der Waals surface area contributed by atoms with E-state index in [0.717, 1.165) is 6.54 Å². The Bertz CT molecular complexity index is 359. The van der Waals surface area contributed by atoms with E-state index in [4.69, 9.17) is 5.73 Å². The molecule has 1 atom stereocenters. The van der Waals surface area contributed by atoms with Gasteiger partial charge in [0, 0.05) is 25.7 Å². The highest BCUT2D eigenvalue weighted by atomic mass is 15.2. The van der Waals surface area contributed by atoms with Gasteiger partial charge >= 0.3 is 0 Å². The van der Waals surface area contributed by atoms with Crippen molar-refractivity contribution in [2.45, 2.75) is 32.0 Å². The first-order chi connectivity index (χ1) is 8.69. The Labute approximate surface area is 111 Å². The topological polar surface area (TPSA) is 32.5 Å². The van der Waals surface area contributed by atoms with Crippen molar-refractivity contribution in [2.75, 3.05) is 27.2 Å². The van der Waals surface area contributed by atoms with Crippen LogP contribution in [-0.2, 0) is 13.1 Å². The number of nitrogens with two attached hydrogens (primary N) is 1. The first-order valence-electron chi connectivity index (χ1n) is 6.85. The molecular formula is C15H25N3. The fourth-order valence-corrected chi connectivity index (χ4v) is 2.64. The van der Waals surface area contributed by atoms with Gasteiger partial charge in [-0.25, -0.2) is 0 Å². The third-order valence-electron chi connectivity index (χ3n) is 3.88. The number of hydrogen-bond donors (Lipinski definition) is 1. The smallest absolute Gasteiger partial charge is 0.0234 e. The number of hydrogen-bond acceptors (Lipinski definition) is 3. The first-order valence-corrected chi connectivity index (χ1v) is 6.85. The lowest BCUT2D eigenvalue weighted by Gasteiger charge is -2.36. The average Bonchev–Trinajstić information content (AvgIpc) is 2.40. The van der Waals surface area contributed by atoms with Crippen LogP contribution in [0.15, 0.2) is 24.3 Å². The van der Waals surface area contributed by atoms with Crippen LogP contribution in [0.25, 0.3) is 0 Å². The second-order valence-corrected chi connectivity index (χ2v) is 5.52. The molecule has 0 amide bonds. The van der Waals surface area contributed by atoms with Crippen molar-refractivity contribution in [3.8, 4) is 0 Å². The maximum absolute atomic E-state index is 5.62. The summed E-state index contributed by atoms with van der Waals surface area (Å²) in [6, 6.07) is 9.41. The number of likely N-dealkylation sites (tertiary alicyclic amines) is 1. The Balaban J connectivity index is 1.91. The molecule has 0 aliphatic carbocycles. The summed E-state index contributed by atoms with van der Waals surface area (Å²) in [6.07, 6.45) is 2.64. The van der Waals surface area contributed by atoms with E-state index in [1.807, 2.05) is 0 Å². The molecule has 0 radical (unpaired) electrons. The minimum atomic E-state index is 0.632. The van der Waals surface area contributed by atoms with Crippen LogP contribution in [0.4, 0.5) is 0 Å². The highest BCUT2D eigenvalue weighted by Gasteiger charge is 2.21. The molecule has 1 heterocycles. The van der Waals surface area contributed by atoms with E-state index < -0.39 is 0 Å². The molecule has 1 fully saturated rings. The van der Waals surface area contributed by atoms with Crippen LogP contribution in [0.2, 0.25) is 0 Å². The van der Waals surface area contributed by atoms with Gasteiger partial charge in [-0.05, 0) is 44.6 Å². The van der Waals surface area contributed by atoms with Gasteiger partial charge in [0.1, 0.15) is 0 Å². The fourth-order valence-electron chi connectivity index (χ4n) is 2.64. The van der Waals surface area contributed by atoms with E-state index >= 15 is 0 Å². The summed E-state index contributed by atoms with van der Waals surface area (Å²) in [6.45, 7) is 4.11. The van der Waals surface area contributed by atoms with Crippen molar-refractivity contribution in [3.63, 3.8) is 0 Å². The zero-order chi connectivity index (χ0) is 13.0. The Kier molecular flexibility index (Phi) is 4.75. The van der Waals surface area contributed by atoms with Crippen molar-refractivity contribution < 1.29 is 0 Å². The summed E-state index contributed by atoms with van der Waals surface area (Å²) in [5.41, 5.74) is 8.23. The highest BCUT2D eigenvalue weighted by Crippen LogP contribution is 2.16. The number of rotatable bonds is 4. The maximum atomic E-state index is 5.62. The number of benzene rings is 1. The van der Waals surface area contributed by atoms with Crippen LogP contribution in [0, 0.1) is 0 Å². The number of nitrogens with zero attached hydrogens (tertiary/aromatic N) is 2. The van der Waals surface area contributed by atoms with Gasteiger partial charge in [0.15, 0.2) is 0 Å². The van der Waals surface area contributed by atoms with Gasteiger partial charge in [0.05, 0.1) is 0 Å². The zero-order valence-corrected chi connectivity index (χ0v) is 11.6. The Hall–Kier alpha value is -0.900.